The van der Waals surface area contributed by atoms with Gasteiger partial charge in [-0.3, -0.25) is 9.69 Å². The molecule has 1 heterocycles. The molecule has 0 aromatic heterocycles. The van der Waals surface area contributed by atoms with Gasteiger partial charge in [0.1, 0.15) is 0 Å². The Bertz CT molecular complexity index is 645. The van der Waals surface area contributed by atoms with E-state index in [0.29, 0.717) is 0 Å². The van der Waals surface area contributed by atoms with E-state index >= 15 is 0 Å². The highest BCUT2D eigenvalue weighted by Gasteiger charge is 2.51. The van der Waals surface area contributed by atoms with E-state index in [0.717, 1.165) is 43.9 Å². The van der Waals surface area contributed by atoms with E-state index in [4.69, 9.17) is 0 Å². The summed E-state index contributed by atoms with van der Waals surface area (Å²) >= 11 is 0. The fraction of sp³-hybridized carbons (Fsp3) is 0.696. The summed E-state index contributed by atoms with van der Waals surface area (Å²) in [7, 11) is 0. The number of para-hydroxylation sites is 1. The van der Waals surface area contributed by atoms with Gasteiger partial charge in [-0.2, -0.15) is 0 Å². The molecule has 5 fully saturated rings. The number of amides is 1. The summed E-state index contributed by atoms with van der Waals surface area (Å²) in [5.74, 6) is 2.90. The molecule has 146 valence electrons. The Morgan fingerprint density at radius 2 is 1.52 bits per heavy atom. The molecule has 4 saturated carbocycles. The van der Waals surface area contributed by atoms with Crippen LogP contribution in [0.2, 0.25) is 0 Å². The minimum Gasteiger partial charge on any atom is -0.369 e. The van der Waals surface area contributed by atoms with E-state index < -0.39 is 0 Å². The van der Waals surface area contributed by atoms with Gasteiger partial charge < -0.3 is 10.2 Å². The molecule has 0 unspecified atom stereocenters. The molecule has 4 bridgehead atoms. The smallest absolute Gasteiger partial charge is 0.237 e. The number of carbonyl (C=O) groups excluding carboxylic acids is 1. The SMILES string of the molecule is C[C@H](C(=O)NC12CC3CC(CC(C3)C1)C2)N1CCN(c2ccccc2)CC1. The summed E-state index contributed by atoms with van der Waals surface area (Å²) in [5.41, 5.74) is 1.43. The molecule has 1 aliphatic heterocycles. The number of carbonyl (C=O) groups is 1. The predicted molar refractivity (Wildman–Crippen MR) is 109 cm³/mol. The maximum Gasteiger partial charge on any atom is 0.237 e. The van der Waals surface area contributed by atoms with Crippen LogP contribution in [0.25, 0.3) is 0 Å². The fourth-order valence-corrected chi connectivity index (χ4v) is 6.80. The molecule has 27 heavy (non-hydrogen) atoms. The van der Waals surface area contributed by atoms with Gasteiger partial charge in [-0.25, -0.2) is 0 Å². The molecule has 4 aliphatic carbocycles. The summed E-state index contributed by atoms with van der Waals surface area (Å²) in [6, 6.07) is 10.6. The van der Waals surface area contributed by atoms with Crippen molar-refractivity contribution in [3.63, 3.8) is 0 Å². The summed E-state index contributed by atoms with van der Waals surface area (Å²) in [4.78, 5) is 17.9. The molecule has 1 aromatic carbocycles. The van der Waals surface area contributed by atoms with E-state index in [9.17, 15) is 4.79 Å². The lowest BCUT2D eigenvalue weighted by molar-refractivity contribution is -0.131. The number of nitrogens with zero attached hydrogens (tertiary/aromatic N) is 2. The average molecular weight is 368 g/mol. The molecule has 4 heteroatoms. The molecule has 0 spiro atoms. The van der Waals surface area contributed by atoms with Crippen molar-refractivity contribution in [3.05, 3.63) is 30.3 Å². The molecular weight excluding hydrogens is 334 g/mol. The van der Waals surface area contributed by atoms with E-state index in [1.54, 1.807) is 0 Å². The van der Waals surface area contributed by atoms with Crippen LogP contribution in [0.15, 0.2) is 30.3 Å². The first kappa shape index (κ1) is 17.5. The van der Waals surface area contributed by atoms with Crippen LogP contribution in [0.4, 0.5) is 5.69 Å². The summed E-state index contributed by atoms with van der Waals surface area (Å²) in [6.07, 6.45) is 7.97. The number of hydrogen-bond acceptors (Lipinski definition) is 3. The zero-order chi connectivity index (χ0) is 18.4. The molecule has 4 nitrogen and oxygen atoms in total. The van der Waals surface area contributed by atoms with Crippen LogP contribution in [0.1, 0.15) is 45.4 Å². The van der Waals surface area contributed by atoms with Gasteiger partial charge in [-0.15, -0.1) is 0 Å². The Labute approximate surface area is 163 Å². The Morgan fingerprint density at radius 1 is 0.963 bits per heavy atom. The molecule has 1 saturated heterocycles. The number of piperazine rings is 1. The molecule has 1 amide bonds. The first-order chi connectivity index (χ1) is 13.1. The second kappa shape index (κ2) is 6.80. The Morgan fingerprint density at radius 3 is 2.07 bits per heavy atom. The van der Waals surface area contributed by atoms with Crippen molar-refractivity contribution in [3.8, 4) is 0 Å². The van der Waals surface area contributed by atoms with Gasteiger partial charge in [0.15, 0.2) is 0 Å². The van der Waals surface area contributed by atoms with Crippen LogP contribution in [-0.4, -0.2) is 48.6 Å². The van der Waals surface area contributed by atoms with Crippen molar-refractivity contribution < 1.29 is 4.79 Å². The lowest BCUT2D eigenvalue weighted by atomic mass is 9.53. The summed E-state index contributed by atoms with van der Waals surface area (Å²) in [6.45, 7) is 6.03. The van der Waals surface area contributed by atoms with Gasteiger partial charge in [-0.05, 0) is 75.3 Å². The van der Waals surface area contributed by atoms with Crippen molar-refractivity contribution in [2.45, 2.75) is 57.0 Å². The summed E-state index contributed by atoms with van der Waals surface area (Å²) < 4.78 is 0. The van der Waals surface area contributed by atoms with Gasteiger partial charge in [0.25, 0.3) is 0 Å². The summed E-state index contributed by atoms with van der Waals surface area (Å²) in [5, 5.41) is 3.57. The Hall–Kier alpha value is -1.55. The monoisotopic (exact) mass is 367 g/mol. The molecule has 1 atom stereocenters. The molecule has 0 radical (unpaired) electrons. The topological polar surface area (TPSA) is 35.6 Å². The van der Waals surface area contributed by atoms with Gasteiger partial charge in [0.05, 0.1) is 6.04 Å². The van der Waals surface area contributed by atoms with Crippen LogP contribution in [0.5, 0.6) is 0 Å². The standard InChI is InChI=1S/C23H33N3O/c1-17(25-7-9-26(10-8-25)21-5-3-2-4-6-21)22(27)24-23-14-18-11-19(15-23)13-20(12-18)16-23/h2-6,17-20H,7-16H2,1H3,(H,24,27)/t17-,18?,19?,20?,23?/m1/s1. The van der Waals surface area contributed by atoms with Crippen molar-refractivity contribution in [1.82, 2.24) is 10.2 Å². The third-order valence-electron chi connectivity index (χ3n) is 7.79. The first-order valence-corrected chi connectivity index (χ1v) is 11.0. The number of anilines is 1. The maximum absolute atomic E-state index is 13.1. The number of benzene rings is 1. The molecule has 5 aliphatic rings. The molecule has 1 aromatic rings. The average Bonchev–Trinajstić information content (AvgIpc) is 2.67. The van der Waals surface area contributed by atoms with E-state index in [-0.39, 0.29) is 17.5 Å². The highest BCUT2D eigenvalue weighted by atomic mass is 16.2. The van der Waals surface area contributed by atoms with Crippen LogP contribution in [0, 0.1) is 17.8 Å². The van der Waals surface area contributed by atoms with E-state index in [1.807, 2.05) is 0 Å². The Kier molecular flexibility index (Phi) is 4.42. The normalized spacial score (nSPS) is 36.6. The van der Waals surface area contributed by atoms with Crippen LogP contribution in [0.3, 0.4) is 0 Å². The van der Waals surface area contributed by atoms with Gasteiger partial charge in [-0.1, -0.05) is 18.2 Å². The second-order valence-corrected chi connectivity index (χ2v) is 9.72. The van der Waals surface area contributed by atoms with E-state index in [2.05, 4.69) is 52.4 Å². The third kappa shape index (κ3) is 3.37. The number of hydrogen-bond donors (Lipinski definition) is 1. The zero-order valence-electron chi connectivity index (χ0n) is 16.6. The van der Waals surface area contributed by atoms with Crippen molar-refractivity contribution >= 4 is 11.6 Å². The second-order valence-electron chi connectivity index (χ2n) is 9.72. The van der Waals surface area contributed by atoms with Crippen LogP contribution in [-0.2, 0) is 4.79 Å². The third-order valence-corrected chi connectivity index (χ3v) is 7.79. The lowest BCUT2D eigenvalue weighted by Crippen LogP contribution is -2.63. The molecule has 6 rings (SSSR count). The van der Waals surface area contributed by atoms with Gasteiger partial charge in [0, 0.05) is 37.4 Å². The van der Waals surface area contributed by atoms with Gasteiger partial charge >= 0.3 is 0 Å². The van der Waals surface area contributed by atoms with Gasteiger partial charge in [0.2, 0.25) is 5.91 Å². The molecule has 1 N–H and O–H groups in total. The Balaban J connectivity index is 1.18. The number of rotatable bonds is 4. The number of nitrogens with one attached hydrogen (secondary N) is 1. The van der Waals surface area contributed by atoms with Crippen LogP contribution < -0.4 is 10.2 Å². The minimum atomic E-state index is -0.0177. The van der Waals surface area contributed by atoms with E-state index in [1.165, 1.54) is 44.2 Å². The lowest BCUT2D eigenvalue weighted by Gasteiger charge is -2.57. The van der Waals surface area contributed by atoms with Crippen molar-refractivity contribution in [1.29, 1.82) is 0 Å². The predicted octanol–water partition coefficient (Wildman–Crippen LogP) is 3.28. The van der Waals surface area contributed by atoms with Crippen LogP contribution >= 0.6 is 0 Å². The fourth-order valence-electron chi connectivity index (χ4n) is 6.80. The highest BCUT2D eigenvalue weighted by Crippen LogP contribution is 2.55. The minimum absolute atomic E-state index is 0.0177. The maximum atomic E-state index is 13.1. The van der Waals surface area contributed by atoms with Crippen molar-refractivity contribution in [2.75, 3.05) is 31.1 Å². The highest BCUT2D eigenvalue weighted by molar-refractivity contribution is 5.82. The molecular formula is C23H33N3O. The largest absolute Gasteiger partial charge is 0.369 e. The first-order valence-electron chi connectivity index (χ1n) is 11.0. The quantitative estimate of drug-likeness (QED) is 0.887. The van der Waals surface area contributed by atoms with Crippen molar-refractivity contribution in [2.24, 2.45) is 17.8 Å². The zero-order valence-corrected chi connectivity index (χ0v) is 16.6.